The van der Waals surface area contributed by atoms with Crippen LogP contribution in [0.25, 0.3) is 16.8 Å². The van der Waals surface area contributed by atoms with Gasteiger partial charge in [0.15, 0.2) is 5.60 Å². The molecule has 1 unspecified atom stereocenters. The largest absolute Gasteiger partial charge is 0.472 e. The van der Waals surface area contributed by atoms with Gasteiger partial charge in [0, 0.05) is 33.9 Å². The van der Waals surface area contributed by atoms with E-state index in [1.165, 1.54) is 0 Å². The number of fused-ring (bicyclic) bond motifs is 6. The quantitative estimate of drug-likeness (QED) is 0.347. The van der Waals surface area contributed by atoms with E-state index in [4.69, 9.17) is 14.2 Å². The SMILES string of the molecule is CCC1OC(=O)c2c3c(c4ccccc4c2O1)OC(c1ccccc1)(c1ccccc1)C=C3. The molecule has 0 radical (unpaired) electrons. The van der Waals surface area contributed by atoms with Crippen LogP contribution in [0.4, 0.5) is 0 Å². The number of rotatable bonds is 3. The van der Waals surface area contributed by atoms with E-state index in [0.717, 1.165) is 21.9 Å². The van der Waals surface area contributed by atoms with Crippen molar-refractivity contribution in [3.05, 3.63) is 113 Å². The van der Waals surface area contributed by atoms with E-state index < -0.39 is 11.9 Å². The zero-order valence-corrected chi connectivity index (χ0v) is 18.2. The summed E-state index contributed by atoms with van der Waals surface area (Å²) in [6.07, 6.45) is 3.98. The molecule has 0 amide bonds. The third kappa shape index (κ3) is 2.94. The number of esters is 1. The molecule has 0 saturated carbocycles. The van der Waals surface area contributed by atoms with Gasteiger partial charge in [-0.15, -0.1) is 0 Å². The zero-order chi connectivity index (χ0) is 22.4. The first kappa shape index (κ1) is 19.6. The van der Waals surface area contributed by atoms with E-state index in [-0.39, 0.29) is 5.97 Å². The third-order valence-corrected chi connectivity index (χ3v) is 6.34. The van der Waals surface area contributed by atoms with Crippen molar-refractivity contribution in [3.63, 3.8) is 0 Å². The Morgan fingerprint density at radius 2 is 1.33 bits per heavy atom. The molecule has 1 atom stereocenters. The van der Waals surface area contributed by atoms with Crippen LogP contribution in [0.15, 0.2) is 91.0 Å². The van der Waals surface area contributed by atoms with Crippen molar-refractivity contribution in [2.45, 2.75) is 25.2 Å². The van der Waals surface area contributed by atoms with Crippen LogP contribution >= 0.6 is 0 Å². The predicted molar refractivity (Wildman–Crippen MR) is 127 cm³/mol. The summed E-state index contributed by atoms with van der Waals surface area (Å²) < 4.78 is 18.6. The van der Waals surface area contributed by atoms with Gasteiger partial charge >= 0.3 is 5.97 Å². The minimum absolute atomic E-state index is 0.384. The predicted octanol–water partition coefficient (Wildman–Crippen LogP) is 6.47. The van der Waals surface area contributed by atoms with Crippen LogP contribution in [0.2, 0.25) is 0 Å². The summed E-state index contributed by atoms with van der Waals surface area (Å²) in [6.45, 7) is 1.93. The highest BCUT2D eigenvalue weighted by atomic mass is 16.7. The lowest BCUT2D eigenvalue weighted by Crippen LogP contribution is -2.36. The monoisotopic (exact) mass is 434 g/mol. The Bertz CT molecular complexity index is 1350. The summed E-state index contributed by atoms with van der Waals surface area (Å²) in [6, 6.07) is 28.2. The zero-order valence-electron chi connectivity index (χ0n) is 18.2. The molecule has 33 heavy (non-hydrogen) atoms. The molecule has 4 aromatic carbocycles. The van der Waals surface area contributed by atoms with Crippen LogP contribution in [0.5, 0.6) is 11.5 Å². The number of cyclic esters (lactones) is 1. The van der Waals surface area contributed by atoms with Gasteiger partial charge in [-0.05, 0) is 12.2 Å². The number of benzene rings is 4. The fraction of sp³-hybridized carbons (Fsp3) is 0.138. The number of hydrogen-bond donors (Lipinski definition) is 0. The Kier molecular flexibility index (Phi) is 4.47. The van der Waals surface area contributed by atoms with Gasteiger partial charge in [-0.25, -0.2) is 4.79 Å². The third-order valence-electron chi connectivity index (χ3n) is 6.34. The summed E-state index contributed by atoms with van der Waals surface area (Å²) in [4.78, 5) is 13.1. The first-order valence-electron chi connectivity index (χ1n) is 11.2. The van der Waals surface area contributed by atoms with Crippen molar-refractivity contribution in [1.82, 2.24) is 0 Å². The number of carbonyl (C=O) groups excluding carboxylic acids is 1. The van der Waals surface area contributed by atoms with E-state index in [9.17, 15) is 4.79 Å². The molecule has 4 aromatic rings. The van der Waals surface area contributed by atoms with Crippen LogP contribution in [0, 0.1) is 0 Å². The molecular weight excluding hydrogens is 412 g/mol. The summed E-state index contributed by atoms with van der Waals surface area (Å²) >= 11 is 0. The van der Waals surface area contributed by atoms with Crippen molar-refractivity contribution in [3.8, 4) is 11.5 Å². The van der Waals surface area contributed by atoms with Crippen LogP contribution in [0.1, 0.15) is 40.4 Å². The summed E-state index contributed by atoms with van der Waals surface area (Å²) in [5.74, 6) is 0.827. The minimum Gasteiger partial charge on any atom is -0.472 e. The molecule has 0 bridgehead atoms. The van der Waals surface area contributed by atoms with Gasteiger partial charge in [0.1, 0.15) is 17.1 Å². The molecule has 0 N–H and O–H groups in total. The lowest BCUT2D eigenvalue weighted by atomic mass is 9.82. The molecule has 4 nitrogen and oxygen atoms in total. The van der Waals surface area contributed by atoms with Gasteiger partial charge in [0.25, 0.3) is 0 Å². The Labute approximate surface area is 192 Å². The van der Waals surface area contributed by atoms with Crippen LogP contribution in [-0.2, 0) is 10.3 Å². The molecule has 0 aromatic heterocycles. The minimum atomic E-state index is -0.835. The fourth-order valence-corrected chi connectivity index (χ4v) is 4.73. The van der Waals surface area contributed by atoms with E-state index >= 15 is 0 Å². The lowest BCUT2D eigenvalue weighted by molar-refractivity contribution is -0.0604. The highest BCUT2D eigenvalue weighted by Crippen LogP contribution is 2.50. The van der Waals surface area contributed by atoms with E-state index in [2.05, 4.69) is 24.3 Å². The Morgan fingerprint density at radius 3 is 1.94 bits per heavy atom. The fourth-order valence-electron chi connectivity index (χ4n) is 4.73. The summed E-state index contributed by atoms with van der Waals surface area (Å²) in [7, 11) is 0. The topological polar surface area (TPSA) is 44.8 Å². The highest BCUT2D eigenvalue weighted by Gasteiger charge is 2.41. The van der Waals surface area contributed by atoms with Crippen molar-refractivity contribution < 1.29 is 19.0 Å². The molecule has 4 heteroatoms. The second kappa shape index (κ2) is 7.52. The van der Waals surface area contributed by atoms with E-state index in [1.807, 2.05) is 79.7 Å². The average Bonchev–Trinajstić information content (AvgIpc) is 2.89. The summed E-state index contributed by atoms with van der Waals surface area (Å²) in [5.41, 5.74) is 2.28. The molecular formula is C29H22O4. The van der Waals surface area contributed by atoms with Crippen molar-refractivity contribution in [2.24, 2.45) is 0 Å². The first-order valence-corrected chi connectivity index (χ1v) is 11.2. The lowest BCUT2D eigenvalue weighted by Gasteiger charge is -2.38. The highest BCUT2D eigenvalue weighted by molar-refractivity contribution is 6.09. The smallest absolute Gasteiger partial charge is 0.345 e. The molecule has 2 aliphatic heterocycles. The van der Waals surface area contributed by atoms with Gasteiger partial charge < -0.3 is 14.2 Å². The normalized spacial score (nSPS) is 18.0. The second-order valence-electron chi connectivity index (χ2n) is 8.26. The van der Waals surface area contributed by atoms with Crippen molar-refractivity contribution in [2.75, 3.05) is 0 Å². The summed E-state index contributed by atoms with van der Waals surface area (Å²) in [5, 5.41) is 1.74. The van der Waals surface area contributed by atoms with Crippen LogP contribution in [0.3, 0.4) is 0 Å². The maximum atomic E-state index is 13.1. The standard InChI is InChI=1S/C29H22O4/c1-2-24-31-27-22-16-10-9-15-21(22)26-23(25(27)28(30)32-24)17-18-29(33-26,19-11-5-3-6-12-19)20-13-7-4-8-14-20/h3-18,24H,2H2,1H3. The maximum absolute atomic E-state index is 13.1. The Morgan fingerprint density at radius 1 is 0.758 bits per heavy atom. The van der Waals surface area contributed by atoms with Crippen molar-refractivity contribution in [1.29, 1.82) is 0 Å². The first-order chi connectivity index (χ1) is 16.2. The Balaban J connectivity index is 1.64. The van der Waals surface area contributed by atoms with Crippen LogP contribution < -0.4 is 9.47 Å². The van der Waals surface area contributed by atoms with Gasteiger partial charge in [-0.2, -0.15) is 0 Å². The average molecular weight is 434 g/mol. The molecule has 6 rings (SSSR count). The van der Waals surface area contributed by atoms with Gasteiger partial charge in [0.05, 0.1) is 0 Å². The molecule has 2 heterocycles. The molecule has 0 fully saturated rings. The maximum Gasteiger partial charge on any atom is 0.345 e. The van der Waals surface area contributed by atoms with Gasteiger partial charge in [-0.1, -0.05) is 91.9 Å². The number of carbonyl (C=O) groups is 1. The number of ether oxygens (including phenoxy) is 3. The van der Waals surface area contributed by atoms with Gasteiger partial charge in [-0.3, -0.25) is 0 Å². The van der Waals surface area contributed by atoms with Crippen LogP contribution in [-0.4, -0.2) is 12.3 Å². The molecule has 0 aliphatic carbocycles. The molecule has 0 spiro atoms. The molecule has 2 aliphatic rings. The Hall–Kier alpha value is -4.05. The van der Waals surface area contributed by atoms with E-state index in [1.54, 1.807) is 0 Å². The molecule has 162 valence electrons. The van der Waals surface area contributed by atoms with Gasteiger partial charge in [0.2, 0.25) is 6.29 Å². The van der Waals surface area contributed by atoms with Crippen molar-refractivity contribution >= 4 is 22.8 Å². The molecule has 0 saturated heterocycles. The van der Waals surface area contributed by atoms with E-state index in [0.29, 0.717) is 29.0 Å². The second-order valence-corrected chi connectivity index (χ2v) is 8.26. The number of hydrogen-bond acceptors (Lipinski definition) is 4.